The molecular formula is C15H19N3O3S3. The molecule has 1 amide bonds. The largest absolute Gasteiger partial charge is 0.493 e. The molecular weight excluding hydrogens is 366 g/mol. The number of thioether (sulfide) groups is 2. The first kappa shape index (κ1) is 18.9. The highest BCUT2D eigenvalue weighted by Crippen LogP contribution is 2.29. The Balaban J connectivity index is 1.80. The number of ether oxygens (including phenoxy) is 2. The Labute approximate surface area is 153 Å². The van der Waals surface area contributed by atoms with E-state index in [1.54, 1.807) is 26.0 Å². The summed E-state index contributed by atoms with van der Waals surface area (Å²) < 4.78 is 12.2. The van der Waals surface area contributed by atoms with E-state index in [-0.39, 0.29) is 5.91 Å². The Morgan fingerprint density at radius 3 is 2.54 bits per heavy atom. The fourth-order valence-corrected chi connectivity index (χ4v) is 4.55. The fourth-order valence-electron chi connectivity index (χ4n) is 1.81. The summed E-state index contributed by atoms with van der Waals surface area (Å²) in [4.78, 5) is 12.0. The normalized spacial score (nSPS) is 10.5. The van der Waals surface area contributed by atoms with Gasteiger partial charge in [0, 0.05) is 6.54 Å². The number of hydrogen-bond acceptors (Lipinski definition) is 8. The van der Waals surface area contributed by atoms with Gasteiger partial charge in [-0.1, -0.05) is 47.9 Å². The van der Waals surface area contributed by atoms with Crippen LogP contribution in [0.5, 0.6) is 11.5 Å². The van der Waals surface area contributed by atoms with Crippen LogP contribution in [0.25, 0.3) is 0 Å². The smallest absolute Gasteiger partial charge is 0.230 e. The zero-order valence-corrected chi connectivity index (χ0v) is 16.1. The van der Waals surface area contributed by atoms with Crippen molar-refractivity contribution < 1.29 is 14.3 Å². The van der Waals surface area contributed by atoms with Crippen LogP contribution in [0.2, 0.25) is 0 Å². The summed E-state index contributed by atoms with van der Waals surface area (Å²) >= 11 is 4.57. The summed E-state index contributed by atoms with van der Waals surface area (Å²) in [7, 11) is 3.18. The van der Waals surface area contributed by atoms with Gasteiger partial charge in [0.15, 0.2) is 20.2 Å². The minimum Gasteiger partial charge on any atom is -0.493 e. The van der Waals surface area contributed by atoms with Crippen LogP contribution in [0, 0.1) is 0 Å². The third kappa shape index (κ3) is 5.57. The predicted octanol–water partition coefficient (Wildman–Crippen LogP) is 3.08. The summed E-state index contributed by atoms with van der Waals surface area (Å²) in [6.07, 6.45) is 0. The second kappa shape index (κ2) is 9.75. The molecule has 1 heterocycles. The number of nitrogens with one attached hydrogen (secondary N) is 1. The fraction of sp³-hybridized carbons (Fsp3) is 0.400. The van der Waals surface area contributed by atoms with Crippen molar-refractivity contribution in [1.29, 1.82) is 0 Å². The van der Waals surface area contributed by atoms with Crippen LogP contribution in [0.15, 0.2) is 26.9 Å². The van der Waals surface area contributed by atoms with Gasteiger partial charge in [0.05, 0.1) is 20.0 Å². The van der Waals surface area contributed by atoms with Gasteiger partial charge in [0.1, 0.15) is 0 Å². The van der Waals surface area contributed by atoms with Crippen molar-refractivity contribution in [3.63, 3.8) is 0 Å². The molecule has 0 atom stereocenters. The maximum absolute atomic E-state index is 12.0. The SMILES string of the molecule is CCSc1nnc(SCC(=O)NCc2ccc(OC)c(OC)c2)s1. The molecule has 24 heavy (non-hydrogen) atoms. The summed E-state index contributed by atoms with van der Waals surface area (Å²) in [5.74, 6) is 2.55. The maximum Gasteiger partial charge on any atom is 0.230 e. The average molecular weight is 386 g/mol. The van der Waals surface area contributed by atoms with E-state index in [0.29, 0.717) is 23.8 Å². The van der Waals surface area contributed by atoms with Gasteiger partial charge in [-0.2, -0.15) is 0 Å². The van der Waals surface area contributed by atoms with Crippen LogP contribution in [0.4, 0.5) is 0 Å². The number of aromatic nitrogens is 2. The van der Waals surface area contributed by atoms with E-state index >= 15 is 0 Å². The van der Waals surface area contributed by atoms with Gasteiger partial charge in [-0.25, -0.2) is 0 Å². The quantitative estimate of drug-likeness (QED) is 0.665. The number of nitrogens with zero attached hydrogens (tertiary/aromatic N) is 2. The number of amides is 1. The lowest BCUT2D eigenvalue weighted by atomic mass is 10.2. The van der Waals surface area contributed by atoms with Crippen LogP contribution < -0.4 is 14.8 Å². The number of methoxy groups -OCH3 is 2. The topological polar surface area (TPSA) is 73.3 Å². The first-order valence-corrected chi connectivity index (χ1v) is 10.0. The van der Waals surface area contributed by atoms with Crippen LogP contribution in [-0.4, -0.2) is 41.8 Å². The third-order valence-corrected chi connectivity index (χ3v) is 5.99. The van der Waals surface area contributed by atoms with Gasteiger partial charge in [-0.15, -0.1) is 10.2 Å². The van der Waals surface area contributed by atoms with E-state index in [0.717, 1.165) is 20.0 Å². The number of hydrogen-bond donors (Lipinski definition) is 1. The average Bonchev–Trinajstić information content (AvgIpc) is 3.05. The standard InChI is InChI=1S/C15H19N3O3S3/c1-4-22-14-17-18-15(24-14)23-9-13(19)16-8-10-5-6-11(20-2)12(7-10)21-3/h5-7H,4,8-9H2,1-3H3,(H,16,19). The molecule has 130 valence electrons. The lowest BCUT2D eigenvalue weighted by molar-refractivity contribution is -0.118. The summed E-state index contributed by atoms with van der Waals surface area (Å²) in [5.41, 5.74) is 0.948. The van der Waals surface area contributed by atoms with E-state index in [1.807, 2.05) is 18.2 Å². The number of carbonyl (C=O) groups is 1. The number of rotatable bonds is 9. The van der Waals surface area contributed by atoms with Gasteiger partial charge in [-0.05, 0) is 23.4 Å². The van der Waals surface area contributed by atoms with Gasteiger partial charge in [0.25, 0.3) is 0 Å². The van der Waals surface area contributed by atoms with Gasteiger partial charge < -0.3 is 14.8 Å². The number of benzene rings is 1. The molecule has 1 aromatic carbocycles. The molecule has 2 rings (SSSR count). The van der Waals surface area contributed by atoms with Crippen molar-refractivity contribution in [3.05, 3.63) is 23.8 Å². The Morgan fingerprint density at radius 2 is 1.88 bits per heavy atom. The zero-order valence-electron chi connectivity index (χ0n) is 13.7. The van der Waals surface area contributed by atoms with Crippen LogP contribution >= 0.6 is 34.9 Å². The molecule has 1 aromatic heterocycles. The minimum atomic E-state index is -0.0466. The van der Waals surface area contributed by atoms with Gasteiger partial charge in [-0.3, -0.25) is 4.79 Å². The molecule has 0 unspecified atom stereocenters. The Hall–Kier alpha value is -1.45. The third-order valence-electron chi connectivity index (χ3n) is 2.92. The monoisotopic (exact) mass is 385 g/mol. The van der Waals surface area contributed by atoms with Crippen LogP contribution in [0.3, 0.4) is 0 Å². The lowest BCUT2D eigenvalue weighted by Gasteiger charge is -2.10. The maximum atomic E-state index is 12.0. The Morgan fingerprint density at radius 1 is 1.17 bits per heavy atom. The van der Waals surface area contributed by atoms with Crippen molar-refractivity contribution in [3.8, 4) is 11.5 Å². The van der Waals surface area contributed by atoms with Crippen molar-refractivity contribution >= 4 is 40.8 Å². The summed E-state index contributed by atoms with van der Waals surface area (Å²) in [6, 6.07) is 5.57. The molecule has 0 saturated carbocycles. The molecule has 0 aliphatic carbocycles. The molecule has 0 radical (unpaired) electrons. The molecule has 0 spiro atoms. The van der Waals surface area contributed by atoms with Crippen LogP contribution in [0.1, 0.15) is 12.5 Å². The highest BCUT2D eigenvalue weighted by molar-refractivity contribution is 8.03. The molecule has 0 fully saturated rings. The van der Waals surface area contributed by atoms with Crippen molar-refractivity contribution in [2.24, 2.45) is 0 Å². The highest BCUT2D eigenvalue weighted by atomic mass is 32.2. The minimum absolute atomic E-state index is 0.0466. The Kier molecular flexibility index (Phi) is 7.67. The highest BCUT2D eigenvalue weighted by Gasteiger charge is 2.09. The molecule has 2 aromatic rings. The molecule has 6 nitrogen and oxygen atoms in total. The van der Waals surface area contributed by atoms with Crippen molar-refractivity contribution in [2.45, 2.75) is 22.1 Å². The predicted molar refractivity (Wildman–Crippen MR) is 98.4 cm³/mol. The summed E-state index contributed by atoms with van der Waals surface area (Å²) in [6.45, 7) is 2.51. The van der Waals surface area contributed by atoms with Gasteiger partial charge >= 0.3 is 0 Å². The summed E-state index contributed by atoms with van der Waals surface area (Å²) in [5, 5.41) is 11.0. The zero-order chi connectivity index (χ0) is 17.4. The van der Waals surface area contributed by atoms with E-state index in [4.69, 9.17) is 9.47 Å². The van der Waals surface area contributed by atoms with Crippen molar-refractivity contribution in [1.82, 2.24) is 15.5 Å². The van der Waals surface area contributed by atoms with E-state index < -0.39 is 0 Å². The van der Waals surface area contributed by atoms with Crippen LogP contribution in [-0.2, 0) is 11.3 Å². The lowest BCUT2D eigenvalue weighted by Crippen LogP contribution is -2.24. The van der Waals surface area contributed by atoms with E-state index in [9.17, 15) is 4.79 Å². The van der Waals surface area contributed by atoms with Gasteiger partial charge in [0.2, 0.25) is 5.91 Å². The molecule has 0 aliphatic heterocycles. The Bertz CT molecular complexity index is 679. The molecule has 0 saturated heterocycles. The van der Waals surface area contributed by atoms with Crippen molar-refractivity contribution in [2.75, 3.05) is 25.7 Å². The second-order valence-corrected chi connectivity index (χ2v) is 8.23. The molecule has 0 aliphatic rings. The first-order chi connectivity index (χ1) is 11.7. The second-order valence-electron chi connectivity index (χ2n) is 4.52. The molecule has 1 N–H and O–H groups in total. The molecule has 0 bridgehead atoms. The van der Waals surface area contributed by atoms with E-state index in [1.165, 1.54) is 23.1 Å². The number of carbonyl (C=O) groups excluding carboxylic acids is 1. The molecule has 9 heteroatoms. The first-order valence-electron chi connectivity index (χ1n) is 7.23. The van der Waals surface area contributed by atoms with E-state index in [2.05, 4.69) is 22.4 Å².